The second kappa shape index (κ2) is 9.34. The molecule has 1 aromatic rings. The number of carbonyl (C=O) groups excluding carboxylic acids is 1. The Labute approximate surface area is 162 Å². The molecule has 0 aliphatic carbocycles. The first-order valence-electron chi connectivity index (χ1n) is 8.68. The predicted octanol–water partition coefficient (Wildman–Crippen LogP) is 0.766. The largest absolute Gasteiger partial charge is 0.507 e. The van der Waals surface area contributed by atoms with Crippen molar-refractivity contribution in [1.82, 2.24) is 4.90 Å². The van der Waals surface area contributed by atoms with E-state index in [-0.39, 0.29) is 29.2 Å². The normalized spacial score (nSPS) is 16.1. The zero-order chi connectivity index (χ0) is 20.1. The van der Waals surface area contributed by atoms with Crippen molar-refractivity contribution in [3.05, 3.63) is 23.3 Å². The number of carboxylic acid groups (broad SMARTS) is 1. The van der Waals surface area contributed by atoms with Gasteiger partial charge in [-0.3, -0.25) is 4.79 Å². The number of aromatic hydroxyl groups is 1. The van der Waals surface area contributed by atoms with Crippen LogP contribution in [0.1, 0.15) is 35.7 Å². The Kier molecular flexibility index (Phi) is 7.40. The number of hydrogen-bond donors (Lipinski definition) is 4. The van der Waals surface area contributed by atoms with Crippen LogP contribution >= 0.6 is 11.8 Å². The van der Waals surface area contributed by atoms with Gasteiger partial charge in [-0.25, -0.2) is 4.79 Å². The van der Waals surface area contributed by atoms with E-state index in [0.717, 1.165) is 24.6 Å². The minimum Gasteiger partial charge on any atom is -0.507 e. The molecule has 2 atom stereocenters. The summed E-state index contributed by atoms with van der Waals surface area (Å²) in [6.07, 6.45) is 1.91. The Hall–Kier alpha value is -1.91. The monoisotopic (exact) mass is 397 g/mol. The van der Waals surface area contributed by atoms with E-state index in [9.17, 15) is 29.9 Å². The molecule has 0 saturated carbocycles. The van der Waals surface area contributed by atoms with Gasteiger partial charge in [0.2, 0.25) is 5.91 Å². The molecule has 4 N–H and O–H groups in total. The van der Waals surface area contributed by atoms with Crippen LogP contribution in [0.4, 0.5) is 0 Å². The molecule has 0 aromatic heterocycles. The van der Waals surface area contributed by atoms with Crippen molar-refractivity contribution in [3.8, 4) is 11.5 Å². The molecule has 0 bridgehead atoms. The van der Waals surface area contributed by atoms with Gasteiger partial charge in [0, 0.05) is 18.2 Å². The van der Waals surface area contributed by atoms with Crippen LogP contribution in [0.25, 0.3) is 0 Å². The molecule has 0 spiro atoms. The topological polar surface area (TPSA) is 128 Å². The molecule has 1 saturated heterocycles. The molecule has 0 radical (unpaired) electrons. The van der Waals surface area contributed by atoms with E-state index in [1.165, 1.54) is 19.2 Å². The maximum absolute atomic E-state index is 12.4. The number of carbonyl (C=O) groups is 2. The number of likely N-dealkylation sites (tertiary alicyclic amines) is 1. The summed E-state index contributed by atoms with van der Waals surface area (Å²) < 4.78 is 4.95. The summed E-state index contributed by atoms with van der Waals surface area (Å²) in [4.78, 5) is 25.6. The van der Waals surface area contributed by atoms with Crippen LogP contribution < -0.4 is 4.74 Å². The second-order valence-electron chi connectivity index (χ2n) is 6.42. The lowest BCUT2D eigenvalue weighted by atomic mass is 9.81. The number of aromatic carboxylic acids is 1. The maximum atomic E-state index is 12.4. The average Bonchev–Trinajstić information content (AvgIpc) is 3.15. The summed E-state index contributed by atoms with van der Waals surface area (Å²) in [6, 6.07) is 2.88. The number of methoxy groups -OCH3 is 1. The minimum atomic E-state index is -1.74. The molecule has 1 aromatic carbocycles. The fraction of sp³-hybridized carbons (Fsp3) is 0.529. The standard InChI is InChI=1S/C17H24BNO7S/c1-10(16(21)19-7-3-4-8-19)27-13(18(24)25)9-11-5-6-12(26-2)14(15(11)20)17(22)23/h5-6,10,13,20,24-25H,3-4,7-9H2,1-2H3,(H,22,23)/t10?,13-/m0/s1. The van der Waals surface area contributed by atoms with Crippen LogP contribution in [-0.4, -0.2) is 74.8 Å². The maximum Gasteiger partial charge on any atom is 0.465 e. The quantitative estimate of drug-likeness (QED) is 0.474. The first kappa shape index (κ1) is 21.4. The summed E-state index contributed by atoms with van der Waals surface area (Å²) in [6.45, 7) is 3.12. The van der Waals surface area contributed by atoms with Crippen molar-refractivity contribution in [2.75, 3.05) is 20.2 Å². The predicted molar refractivity (Wildman–Crippen MR) is 102 cm³/mol. The summed E-state index contributed by atoms with van der Waals surface area (Å²) in [5.41, 5.74) is -0.146. The lowest BCUT2D eigenvalue weighted by Gasteiger charge is -2.24. The van der Waals surface area contributed by atoms with Gasteiger partial charge in [-0.05, 0) is 37.8 Å². The lowest BCUT2D eigenvalue weighted by molar-refractivity contribution is -0.129. The van der Waals surface area contributed by atoms with Gasteiger partial charge in [-0.2, -0.15) is 0 Å². The molecule has 1 fully saturated rings. The number of thioether (sulfide) groups is 1. The van der Waals surface area contributed by atoms with Crippen molar-refractivity contribution in [2.24, 2.45) is 0 Å². The van der Waals surface area contributed by atoms with Crippen LogP contribution in [0.5, 0.6) is 11.5 Å². The third-order valence-corrected chi connectivity index (χ3v) is 5.92. The van der Waals surface area contributed by atoms with E-state index < -0.39 is 29.2 Å². The van der Waals surface area contributed by atoms with Crippen molar-refractivity contribution in [2.45, 2.75) is 36.6 Å². The molecule has 1 heterocycles. The molecule has 27 heavy (non-hydrogen) atoms. The number of rotatable bonds is 8. The Morgan fingerprint density at radius 1 is 1.30 bits per heavy atom. The Balaban J connectivity index is 2.17. The van der Waals surface area contributed by atoms with Crippen molar-refractivity contribution in [3.63, 3.8) is 0 Å². The fourth-order valence-electron chi connectivity index (χ4n) is 3.11. The van der Waals surface area contributed by atoms with E-state index in [1.807, 2.05) is 0 Å². The van der Waals surface area contributed by atoms with Crippen molar-refractivity contribution < 1.29 is 34.6 Å². The Morgan fingerprint density at radius 3 is 2.44 bits per heavy atom. The Morgan fingerprint density at radius 2 is 1.93 bits per heavy atom. The molecule has 1 aliphatic rings. The van der Waals surface area contributed by atoms with Crippen LogP contribution in [0, 0.1) is 0 Å². The van der Waals surface area contributed by atoms with Gasteiger partial charge < -0.3 is 29.9 Å². The van der Waals surface area contributed by atoms with Gasteiger partial charge in [0.25, 0.3) is 0 Å². The average molecular weight is 397 g/mol. The third-order valence-electron chi connectivity index (χ3n) is 4.56. The number of phenols is 1. The number of nitrogens with zero attached hydrogens (tertiary/aromatic N) is 1. The molecule has 2 rings (SSSR count). The molecule has 8 nitrogen and oxygen atoms in total. The summed E-state index contributed by atoms with van der Waals surface area (Å²) in [7, 11) is -0.443. The van der Waals surface area contributed by atoms with Crippen molar-refractivity contribution >= 4 is 30.8 Å². The zero-order valence-electron chi connectivity index (χ0n) is 15.3. The first-order valence-corrected chi connectivity index (χ1v) is 9.63. The number of benzene rings is 1. The highest BCUT2D eigenvalue weighted by Gasteiger charge is 2.32. The summed E-state index contributed by atoms with van der Waals surface area (Å²) in [5.74, 6) is -1.88. The van der Waals surface area contributed by atoms with Gasteiger partial charge >= 0.3 is 13.1 Å². The molecule has 1 aliphatic heterocycles. The highest BCUT2D eigenvalue weighted by Crippen LogP contribution is 2.34. The van der Waals surface area contributed by atoms with Gasteiger partial charge in [0.15, 0.2) is 0 Å². The van der Waals surface area contributed by atoms with Crippen molar-refractivity contribution in [1.29, 1.82) is 0 Å². The summed E-state index contributed by atoms with van der Waals surface area (Å²) >= 11 is 1.09. The zero-order valence-corrected chi connectivity index (χ0v) is 16.1. The smallest absolute Gasteiger partial charge is 0.465 e. The number of carboxylic acids is 1. The molecule has 148 valence electrons. The van der Waals surface area contributed by atoms with Crippen LogP contribution in [0.2, 0.25) is 0 Å². The second-order valence-corrected chi connectivity index (χ2v) is 8.01. The van der Waals surface area contributed by atoms with Crippen LogP contribution in [0.3, 0.4) is 0 Å². The summed E-state index contributed by atoms with van der Waals surface area (Å²) in [5, 5.41) is 37.7. The minimum absolute atomic E-state index is 0.00933. The van der Waals surface area contributed by atoms with E-state index >= 15 is 0 Å². The van der Waals surface area contributed by atoms with E-state index in [4.69, 9.17) is 4.74 Å². The van der Waals surface area contributed by atoms with Gasteiger partial charge in [-0.1, -0.05) is 6.07 Å². The molecule has 10 heteroatoms. The van der Waals surface area contributed by atoms with Gasteiger partial charge in [-0.15, -0.1) is 11.8 Å². The van der Waals surface area contributed by atoms with E-state index in [0.29, 0.717) is 13.1 Å². The van der Waals surface area contributed by atoms with Gasteiger partial charge in [0.05, 0.1) is 12.4 Å². The fourth-order valence-corrected chi connectivity index (χ4v) is 4.32. The highest BCUT2D eigenvalue weighted by molar-refractivity contribution is 8.02. The van der Waals surface area contributed by atoms with E-state index in [2.05, 4.69) is 0 Å². The van der Waals surface area contributed by atoms with Crippen LogP contribution in [-0.2, 0) is 11.2 Å². The van der Waals surface area contributed by atoms with E-state index in [1.54, 1.807) is 11.8 Å². The van der Waals surface area contributed by atoms with Gasteiger partial charge in [0.1, 0.15) is 17.1 Å². The first-order chi connectivity index (χ1) is 12.8. The van der Waals surface area contributed by atoms with Crippen LogP contribution in [0.15, 0.2) is 12.1 Å². The number of amides is 1. The molecular formula is C17H24BNO7S. The molecular weight excluding hydrogens is 373 g/mol. The highest BCUT2D eigenvalue weighted by atomic mass is 32.2. The number of hydrogen-bond acceptors (Lipinski definition) is 7. The SMILES string of the molecule is COc1ccc(C[C@H](SC(C)C(=O)N2CCCC2)B(O)O)c(O)c1C(=O)O. The number of ether oxygens (including phenoxy) is 1. The molecule has 1 unspecified atom stereocenters. The lowest BCUT2D eigenvalue weighted by Crippen LogP contribution is -2.38. The molecule has 1 amide bonds. The third kappa shape index (κ3) is 5.09. The Bertz CT molecular complexity index is 694.